The van der Waals surface area contributed by atoms with Gasteiger partial charge in [0.25, 0.3) is 5.55 Å². The van der Waals surface area contributed by atoms with Crippen LogP contribution in [-0.2, 0) is 13.1 Å². The van der Waals surface area contributed by atoms with Gasteiger partial charge in [0, 0.05) is 18.5 Å². The van der Waals surface area contributed by atoms with Gasteiger partial charge in [0.15, 0.2) is 5.78 Å². The van der Waals surface area contributed by atoms with Crippen LogP contribution in [0.3, 0.4) is 0 Å². The number of fused-ring (bicyclic) bond motifs is 1. The van der Waals surface area contributed by atoms with E-state index >= 15 is 0 Å². The first-order chi connectivity index (χ1) is 12.1. The van der Waals surface area contributed by atoms with Crippen LogP contribution in [0.5, 0.6) is 5.75 Å². The number of Topliss-reactive ketones (excluding diaryl/α,β-unsaturated/α-hetero) is 1. The highest BCUT2D eigenvalue weighted by atomic mass is 16.5. The number of rotatable bonds is 5. The standard InChI is InChI=1S/C19H18N2O4/c1-12(22)15-9-14-7-8-17(23)16(18(14)25-19(15)21-24)11-20-10-13-5-3-2-4-6-13/h2-9,20,23-24H,10-11H2,1H3. The summed E-state index contributed by atoms with van der Waals surface area (Å²) in [6.45, 7) is 2.35. The lowest BCUT2D eigenvalue weighted by Crippen LogP contribution is -2.16. The summed E-state index contributed by atoms with van der Waals surface area (Å²) in [4.78, 5) is 11.7. The van der Waals surface area contributed by atoms with Crippen LogP contribution in [0.25, 0.3) is 11.0 Å². The van der Waals surface area contributed by atoms with Crippen LogP contribution in [0.2, 0.25) is 0 Å². The van der Waals surface area contributed by atoms with E-state index in [1.54, 1.807) is 18.2 Å². The summed E-state index contributed by atoms with van der Waals surface area (Å²) in [5.41, 5.74) is 2.04. The van der Waals surface area contributed by atoms with Gasteiger partial charge in [-0.2, -0.15) is 0 Å². The number of nitrogens with one attached hydrogen (secondary N) is 1. The first-order valence-electron chi connectivity index (χ1n) is 7.82. The van der Waals surface area contributed by atoms with Crippen LogP contribution < -0.4 is 10.9 Å². The van der Waals surface area contributed by atoms with Crippen LogP contribution in [0.15, 0.2) is 58.1 Å². The minimum atomic E-state index is -0.268. The largest absolute Gasteiger partial charge is 0.507 e. The number of phenolic OH excluding ortho intramolecular Hbond substituents is 1. The summed E-state index contributed by atoms with van der Waals surface area (Å²) in [7, 11) is 0. The van der Waals surface area contributed by atoms with Crippen molar-refractivity contribution in [1.29, 1.82) is 0 Å². The molecule has 0 aliphatic carbocycles. The van der Waals surface area contributed by atoms with E-state index in [-0.39, 0.29) is 22.7 Å². The van der Waals surface area contributed by atoms with Gasteiger partial charge in [0.2, 0.25) is 0 Å². The van der Waals surface area contributed by atoms with Crippen molar-refractivity contribution < 1.29 is 19.5 Å². The van der Waals surface area contributed by atoms with Gasteiger partial charge in [-0.1, -0.05) is 30.3 Å². The zero-order chi connectivity index (χ0) is 17.8. The van der Waals surface area contributed by atoms with Crippen molar-refractivity contribution in [3.8, 4) is 5.75 Å². The average Bonchev–Trinajstić information content (AvgIpc) is 2.63. The second-order valence-electron chi connectivity index (χ2n) is 5.69. The van der Waals surface area contributed by atoms with E-state index in [0.29, 0.717) is 29.6 Å². The first kappa shape index (κ1) is 16.7. The highest BCUT2D eigenvalue weighted by Crippen LogP contribution is 2.27. The van der Waals surface area contributed by atoms with E-state index < -0.39 is 0 Å². The zero-order valence-corrected chi connectivity index (χ0v) is 13.7. The fourth-order valence-electron chi connectivity index (χ4n) is 2.66. The molecule has 2 aromatic carbocycles. The van der Waals surface area contributed by atoms with Crippen molar-refractivity contribution in [3.05, 3.63) is 70.8 Å². The van der Waals surface area contributed by atoms with E-state index in [9.17, 15) is 9.90 Å². The first-order valence-corrected chi connectivity index (χ1v) is 7.82. The molecule has 0 spiro atoms. The molecular formula is C19H18N2O4. The van der Waals surface area contributed by atoms with E-state index in [4.69, 9.17) is 9.62 Å². The quantitative estimate of drug-likeness (QED) is 0.378. The molecule has 1 heterocycles. The van der Waals surface area contributed by atoms with Crippen molar-refractivity contribution in [1.82, 2.24) is 5.32 Å². The zero-order valence-electron chi connectivity index (χ0n) is 13.7. The molecule has 128 valence electrons. The summed E-state index contributed by atoms with van der Waals surface area (Å²) in [6, 6.07) is 14.7. The van der Waals surface area contributed by atoms with Gasteiger partial charge >= 0.3 is 0 Å². The predicted molar refractivity (Wildman–Crippen MR) is 92.2 cm³/mol. The number of nitrogens with zero attached hydrogens (tertiary/aromatic N) is 1. The van der Waals surface area contributed by atoms with E-state index in [2.05, 4.69) is 10.5 Å². The number of carbonyl (C=O) groups excluding carboxylic acids is 1. The lowest BCUT2D eigenvalue weighted by molar-refractivity contribution is 0.101. The van der Waals surface area contributed by atoms with Gasteiger partial charge in [-0.3, -0.25) is 4.79 Å². The van der Waals surface area contributed by atoms with Crippen LogP contribution in [0.4, 0.5) is 0 Å². The Morgan fingerprint density at radius 1 is 1.16 bits per heavy atom. The molecule has 25 heavy (non-hydrogen) atoms. The molecule has 0 atom stereocenters. The summed E-state index contributed by atoms with van der Waals surface area (Å²) in [5.74, 6) is -0.202. The number of phenols is 1. The maximum absolute atomic E-state index is 11.7. The molecule has 6 nitrogen and oxygen atoms in total. The maximum atomic E-state index is 11.7. The minimum Gasteiger partial charge on any atom is -0.507 e. The molecule has 0 unspecified atom stereocenters. The number of carbonyl (C=O) groups is 1. The van der Waals surface area contributed by atoms with E-state index in [0.717, 1.165) is 5.56 Å². The van der Waals surface area contributed by atoms with Gasteiger partial charge in [-0.15, -0.1) is 0 Å². The average molecular weight is 338 g/mol. The smallest absolute Gasteiger partial charge is 0.266 e. The number of hydrogen-bond donors (Lipinski definition) is 3. The second-order valence-corrected chi connectivity index (χ2v) is 5.69. The van der Waals surface area contributed by atoms with Gasteiger partial charge in [0.1, 0.15) is 11.3 Å². The highest BCUT2D eigenvalue weighted by Gasteiger charge is 2.14. The topological polar surface area (TPSA) is 95.1 Å². The minimum absolute atomic E-state index is 0.0660. The Bertz CT molecular complexity index is 978. The monoisotopic (exact) mass is 338 g/mol. The third-order valence-corrected chi connectivity index (χ3v) is 3.94. The van der Waals surface area contributed by atoms with Crippen molar-refractivity contribution in [2.45, 2.75) is 20.0 Å². The molecule has 0 aliphatic rings. The molecule has 3 aromatic rings. The van der Waals surface area contributed by atoms with Crippen LogP contribution in [0.1, 0.15) is 28.4 Å². The van der Waals surface area contributed by atoms with Crippen molar-refractivity contribution in [2.75, 3.05) is 0 Å². The normalized spacial score (nSPS) is 11.8. The number of ketones is 1. The Morgan fingerprint density at radius 2 is 1.92 bits per heavy atom. The van der Waals surface area contributed by atoms with Crippen LogP contribution in [-0.4, -0.2) is 16.1 Å². The summed E-state index contributed by atoms with van der Waals surface area (Å²) in [6.07, 6.45) is 0. The molecule has 0 aliphatic heterocycles. The van der Waals surface area contributed by atoms with E-state index in [1.807, 2.05) is 30.3 Å². The molecule has 0 amide bonds. The fourth-order valence-corrected chi connectivity index (χ4v) is 2.66. The second kappa shape index (κ2) is 7.19. The summed E-state index contributed by atoms with van der Waals surface area (Å²) in [5, 5.41) is 26.2. The molecule has 3 rings (SSSR count). The molecule has 0 saturated carbocycles. The third-order valence-electron chi connectivity index (χ3n) is 3.94. The molecule has 0 radical (unpaired) electrons. The molecule has 6 heteroatoms. The SMILES string of the molecule is CC(=O)c1cc2ccc(O)c(CNCc3ccccc3)c2oc1=NO. The third kappa shape index (κ3) is 3.54. The summed E-state index contributed by atoms with van der Waals surface area (Å²) >= 11 is 0. The van der Waals surface area contributed by atoms with Gasteiger partial charge < -0.3 is 20.0 Å². The fraction of sp³-hybridized carbons (Fsp3) is 0.158. The number of hydrogen-bond acceptors (Lipinski definition) is 6. The Morgan fingerprint density at radius 3 is 2.60 bits per heavy atom. The molecule has 3 N–H and O–H groups in total. The lowest BCUT2D eigenvalue weighted by atomic mass is 10.1. The number of benzene rings is 2. The van der Waals surface area contributed by atoms with Crippen molar-refractivity contribution >= 4 is 16.8 Å². The van der Waals surface area contributed by atoms with Crippen LogP contribution in [0, 0.1) is 0 Å². The van der Waals surface area contributed by atoms with Gasteiger partial charge in [-0.05, 0) is 35.8 Å². The van der Waals surface area contributed by atoms with Crippen molar-refractivity contribution in [2.24, 2.45) is 5.16 Å². The highest BCUT2D eigenvalue weighted by molar-refractivity contribution is 5.97. The van der Waals surface area contributed by atoms with Crippen LogP contribution >= 0.6 is 0 Å². The number of aromatic hydroxyl groups is 1. The van der Waals surface area contributed by atoms with Crippen molar-refractivity contribution in [3.63, 3.8) is 0 Å². The lowest BCUT2D eigenvalue weighted by Gasteiger charge is -2.10. The van der Waals surface area contributed by atoms with E-state index in [1.165, 1.54) is 6.92 Å². The molecule has 1 aromatic heterocycles. The molecule has 0 bridgehead atoms. The molecule has 0 fully saturated rings. The molecular weight excluding hydrogens is 320 g/mol. The van der Waals surface area contributed by atoms with Gasteiger partial charge in [-0.25, -0.2) is 0 Å². The Balaban J connectivity index is 1.96. The van der Waals surface area contributed by atoms with Gasteiger partial charge in [0.05, 0.1) is 11.1 Å². The molecule has 0 saturated heterocycles. The summed E-state index contributed by atoms with van der Waals surface area (Å²) < 4.78 is 5.58. The Hall–Kier alpha value is -3.12. The Kier molecular flexibility index (Phi) is 4.81. The predicted octanol–water partition coefficient (Wildman–Crippen LogP) is 2.92. The Labute approximate surface area is 144 Å². The maximum Gasteiger partial charge on any atom is 0.266 e.